The topological polar surface area (TPSA) is 106 Å². The number of nitrogens with two attached hydrogens (primary N) is 1. The van der Waals surface area contributed by atoms with E-state index in [0.29, 0.717) is 18.8 Å². The van der Waals surface area contributed by atoms with Crippen LogP contribution in [0.1, 0.15) is 11.5 Å². The Balaban J connectivity index is 1.93. The van der Waals surface area contributed by atoms with Crippen LogP contribution in [0, 0.1) is 39.3 Å². The van der Waals surface area contributed by atoms with Gasteiger partial charge in [-0.05, 0) is 33.6 Å². The number of fused-ring (bicyclic) bond motifs is 2. The van der Waals surface area contributed by atoms with Crippen LogP contribution in [0.25, 0.3) is 0 Å². The predicted octanol–water partition coefficient (Wildman–Crippen LogP) is -0.143. The van der Waals surface area contributed by atoms with Crippen LogP contribution >= 0.6 is 15.9 Å². The summed E-state index contributed by atoms with van der Waals surface area (Å²) in [5.74, 6) is -2.28. The van der Waals surface area contributed by atoms with E-state index in [-0.39, 0.29) is 10.3 Å². The summed E-state index contributed by atoms with van der Waals surface area (Å²) in [5.41, 5.74) is 4.10. The first-order chi connectivity index (χ1) is 11.0. The van der Waals surface area contributed by atoms with Crippen LogP contribution < -0.4 is 10.7 Å². The quantitative estimate of drug-likeness (QED) is 0.708. The summed E-state index contributed by atoms with van der Waals surface area (Å²) < 4.78 is 25.1. The summed E-state index contributed by atoms with van der Waals surface area (Å²) in [7, 11) is 0. The van der Waals surface area contributed by atoms with E-state index < -0.39 is 28.5 Å². The molecule has 0 unspecified atom stereocenters. The molecule has 0 aromatic heterocycles. The first-order valence-corrected chi connectivity index (χ1v) is 7.75. The SMILES string of the molecule is N#C[C@@]12C(N)=[NH+]C3(OCCO3)[C@]1(C#N)[C@H]2c1ccc(F)c(Br)c1. The molecule has 1 aromatic rings. The largest absolute Gasteiger partial charge is 0.343 e. The molecule has 4 rings (SSSR count). The molecule has 6 nitrogen and oxygen atoms in total. The van der Waals surface area contributed by atoms with Gasteiger partial charge in [-0.25, -0.2) is 9.38 Å². The van der Waals surface area contributed by atoms with Gasteiger partial charge in [-0.1, -0.05) is 6.07 Å². The highest BCUT2D eigenvalue weighted by molar-refractivity contribution is 9.10. The monoisotopic (exact) mass is 377 g/mol. The first-order valence-electron chi connectivity index (χ1n) is 6.95. The number of benzene rings is 1. The normalized spacial score (nSPS) is 36.2. The van der Waals surface area contributed by atoms with E-state index in [2.05, 4.69) is 33.1 Å². The number of hydrogen-bond acceptors (Lipinski definition) is 5. The lowest BCUT2D eigenvalue weighted by Crippen LogP contribution is -2.89. The Bertz CT molecular complexity index is 839. The van der Waals surface area contributed by atoms with Gasteiger partial charge in [0.2, 0.25) is 0 Å². The van der Waals surface area contributed by atoms with Crippen molar-refractivity contribution in [1.82, 2.24) is 0 Å². The second-order valence-electron chi connectivity index (χ2n) is 5.80. The van der Waals surface area contributed by atoms with Gasteiger partial charge < -0.3 is 9.47 Å². The van der Waals surface area contributed by atoms with Crippen LogP contribution in [0.2, 0.25) is 0 Å². The molecule has 0 bridgehead atoms. The molecule has 1 saturated carbocycles. The number of nitrogens with one attached hydrogen (secondary N) is 1. The Labute approximate surface area is 139 Å². The van der Waals surface area contributed by atoms with Crippen molar-refractivity contribution in [2.24, 2.45) is 16.6 Å². The Morgan fingerprint density at radius 3 is 2.57 bits per heavy atom. The van der Waals surface area contributed by atoms with Crippen molar-refractivity contribution < 1.29 is 18.9 Å². The van der Waals surface area contributed by atoms with Crippen molar-refractivity contribution >= 4 is 21.8 Å². The van der Waals surface area contributed by atoms with E-state index in [1.54, 1.807) is 12.1 Å². The highest BCUT2D eigenvalue weighted by atomic mass is 79.9. The molecule has 0 amide bonds. The van der Waals surface area contributed by atoms with Crippen LogP contribution in [0.3, 0.4) is 0 Å². The maximum Gasteiger partial charge on any atom is 0.343 e. The molecule has 2 fully saturated rings. The number of hydrogen-bond donors (Lipinski definition) is 2. The van der Waals surface area contributed by atoms with Crippen molar-refractivity contribution in [2.45, 2.75) is 11.8 Å². The van der Waals surface area contributed by atoms with Gasteiger partial charge >= 0.3 is 5.91 Å². The van der Waals surface area contributed by atoms with E-state index in [1.807, 2.05) is 0 Å². The Morgan fingerprint density at radius 1 is 1.30 bits per heavy atom. The molecule has 3 aliphatic rings. The van der Waals surface area contributed by atoms with E-state index in [1.165, 1.54) is 6.07 Å². The molecule has 1 aliphatic carbocycles. The van der Waals surface area contributed by atoms with E-state index in [4.69, 9.17) is 15.2 Å². The second-order valence-corrected chi connectivity index (χ2v) is 6.65. The maximum absolute atomic E-state index is 13.5. The van der Waals surface area contributed by atoms with Crippen LogP contribution in [-0.2, 0) is 9.47 Å². The van der Waals surface area contributed by atoms with Gasteiger partial charge in [-0.2, -0.15) is 10.5 Å². The molecule has 3 atom stereocenters. The maximum atomic E-state index is 13.5. The summed E-state index contributed by atoms with van der Waals surface area (Å²) in [5, 5.41) is 19.7. The third-order valence-electron chi connectivity index (χ3n) is 4.97. The zero-order valence-electron chi connectivity index (χ0n) is 11.8. The van der Waals surface area contributed by atoms with Crippen LogP contribution in [0.4, 0.5) is 4.39 Å². The van der Waals surface area contributed by atoms with Crippen molar-refractivity contribution in [3.63, 3.8) is 0 Å². The smallest absolute Gasteiger partial charge is 0.311 e. The molecular weight excluding hydrogens is 367 g/mol. The summed E-state index contributed by atoms with van der Waals surface area (Å²) in [6, 6.07) is 8.78. The Morgan fingerprint density at radius 2 is 2.00 bits per heavy atom. The van der Waals surface area contributed by atoms with Gasteiger partial charge in [0.1, 0.15) is 5.82 Å². The number of nitriles is 2. The van der Waals surface area contributed by atoms with E-state index in [9.17, 15) is 14.9 Å². The van der Waals surface area contributed by atoms with Crippen molar-refractivity contribution in [3.8, 4) is 12.1 Å². The number of ether oxygens (including phenoxy) is 2. The van der Waals surface area contributed by atoms with Crippen molar-refractivity contribution in [2.75, 3.05) is 13.2 Å². The second kappa shape index (κ2) is 4.30. The minimum Gasteiger partial charge on any atom is -0.311 e. The molecule has 1 aromatic carbocycles. The summed E-state index contributed by atoms with van der Waals surface area (Å²) in [6.07, 6.45) is 0. The fraction of sp³-hybridized carbons (Fsp3) is 0.400. The molecule has 2 aliphatic heterocycles. The van der Waals surface area contributed by atoms with Gasteiger partial charge in [0.15, 0.2) is 10.8 Å². The molecular formula is C15H11BrFN4O2+. The lowest BCUT2D eigenvalue weighted by molar-refractivity contribution is -0.676. The minimum atomic E-state index is -1.44. The predicted molar refractivity (Wildman–Crippen MR) is 77.7 cm³/mol. The van der Waals surface area contributed by atoms with Gasteiger partial charge in [-0.3, -0.25) is 5.73 Å². The molecule has 1 saturated heterocycles. The van der Waals surface area contributed by atoms with Gasteiger partial charge in [0, 0.05) is 5.92 Å². The summed E-state index contributed by atoms with van der Waals surface area (Å²) in [6.45, 7) is 0.593. The summed E-state index contributed by atoms with van der Waals surface area (Å²) in [4.78, 5) is 2.86. The minimum absolute atomic E-state index is 0.147. The third-order valence-corrected chi connectivity index (χ3v) is 5.58. The zero-order valence-corrected chi connectivity index (χ0v) is 13.4. The van der Waals surface area contributed by atoms with Crippen LogP contribution in [0.15, 0.2) is 22.7 Å². The number of amidine groups is 1. The number of halogens is 2. The number of nitrogens with zero attached hydrogens (tertiary/aromatic N) is 2. The van der Waals surface area contributed by atoms with Gasteiger partial charge in [0.25, 0.3) is 5.84 Å². The van der Waals surface area contributed by atoms with Crippen molar-refractivity contribution in [3.05, 3.63) is 34.1 Å². The van der Waals surface area contributed by atoms with E-state index in [0.717, 1.165) is 0 Å². The fourth-order valence-electron chi connectivity index (χ4n) is 4.01. The summed E-state index contributed by atoms with van der Waals surface area (Å²) >= 11 is 3.13. The Kier molecular flexibility index (Phi) is 2.72. The van der Waals surface area contributed by atoms with Gasteiger partial charge in [-0.15, -0.1) is 0 Å². The van der Waals surface area contributed by atoms with Crippen LogP contribution in [-0.4, -0.2) is 25.0 Å². The highest BCUT2D eigenvalue weighted by Crippen LogP contribution is 2.79. The molecule has 8 heteroatoms. The molecule has 1 spiro atoms. The zero-order chi connectivity index (χ0) is 16.5. The third kappa shape index (κ3) is 1.36. The fourth-order valence-corrected chi connectivity index (χ4v) is 4.41. The lowest BCUT2D eigenvalue weighted by atomic mass is 9.94. The molecule has 2 heterocycles. The molecule has 23 heavy (non-hydrogen) atoms. The standard InChI is InChI=1S/C15H10BrFN4O2/c16-9-5-8(1-2-10(9)17)11-13(6-18)12(20)21-15(14(11,13)7-19)22-3-4-23-15/h1-2,5,11H,3-4H2,(H2,20,21)/p+1/t11-,13+,14+/m0/s1. The average molecular weight is 378 g/mol. The average Bonchev–Trinajstić information content (AvgIpc) is 2.79. The first kappa shape index (κ1) is 14.6. The Hall–Kier alpha value is -2.00. The van der Waals surface area contributed by atoms with Crippen molar-refractivity contribution in [1.29, 1.82) is 10.5 Å². The molecule has 116 valence electrons. The highest BCUT2D eigenvalue weighted by Gasteiger charge is 2.97. The lowest BCUT2D eigenvalue weighted by Gasteiger charge is -2.23. The number of rotatable bonds is 1. The van der Waals surface area contributed by atoms with Crippen LogP contribution in [0.5, 0.6) is 0 Å². The van der Waals surface area contributed by atoms with Gasteiger partial charge in [0.05, 0.1) is 29.8 Å². The van der Waals surface area contributed by atoms with E-state index >= 15 is 0 Å². The molecule has 0 radical (unpaired) electrons. The molecule has 3 N–H and O–H groups in total.